The summed E-state index contributed by atoms with van der Waals surface area (Å²) < 4.78 is 0. The molecule has 2 heteroatoms. The van der Waals surface area contributed by atoms with Crippen molar-refractivity contribution in [2.24, 2.45) is 0 Å². The number of ketones is 1. The van der Waals surface area contributed by atoms with E-state index in [0.29, 0.717) is 0 Å². The highest BCUT2D eigenvalue weighted by atomic mass is 16.1. The van der Waals surface area contributed by atoms with Crippen LogP contribution in [0.2, 0.25) is 0 Å². The second-order valence-electron chi connectivity index (χ2n) is 2.62. The maximum Gasteiger partial charge on any atom is 0.182 e. The Kier molecular flexibility index (Phi) is 4.27. The van der Waals surface area contributed by atoms with Gasteiger partial charge in [0.25, 0.3) is 0 Å². The van der Waals surface area contributed by atoms with Crippen LogP contribution in [0.5, 0.6) is 0 Å². The van der Waals surface area contributed by atoms with Gasteiger partial charge in [-0.3, -0.25) is 4.79 Å². The molecular formula is C9H15NO. The van der Waals surface area contributed by atoms with Crippen molar-refractivity contribution in [2.45, 2.75) is 13.8 Å². The first kappa shape index (κ1) is 9.95. The Bertz CT molecular complexity index is 190. The van der Waals surface area contributed by atoms with Crippen LogP contribution < -0.4 is 0 Å². The molecule has 0 saturated heterocycles. The van der Waals surface area contributed by atoms with Gasteiger partial charge in [0.2, 0.25) is 0 Å². The number of rotatable bonds is 3. The molecule has 0 aliphatic heterocycles. The van der Waals surface area contributed by atoms with E-state index in [9.17, 15) is 4.79 Å². The summed E-state index contributed by atoms with van der Waals surface area (Å²) in [6.45, 7) is 3.67. The van der Waals surface area contributed by atoms with Crippen LogP contribution in [-0.2, 0) is 4.79 Å². The molecule has 2 nitrogen and oxygen atoms in total. The summed E-state index contributed by atoms with van der Waals surface area (Å²) in [5.74, 6) is 0.0706. The Morgan fingerprint density at radius 1 is 1.36 bits per heavy atom. The lowest BCUT2D eigenvalue weighted by atomic mass is 10.2. The van der Waals surface area contributed by atoms with Gasteiger partial charge in [0.15, 0.2) is 5.78 Å². The highest BCUT2D eigenvalue weighted by molar-refractivity contribution is 6.03. The first-order valence-corrected chi connectivity index (χ1v) is 3.59. The van der Waals surface area contributed by atoms with Crippen LogP contribution in [-0.4, -0.2) is 24.8 Å². The monoisotopic (exact) mass is 153 g/mol. The molecule has 0 radical (unpaired) electrons. The average molecular weight is 153 g/mol. The second kappa shape index (κ2) is 4.72. The van der Waals surface area contributed by atoms with Crippen LogP contribution >= 0.6 is 0 Å². The minimum absolute atomic E-state index is 0.0706. The normalized spacial score (nSPS) is 12.2. The smallest absolute Gasteiger partial charge is 0.182 e. The third kappa shape index (κ3) is 4.37. The molecule has 0 aliphatic rings. The molecule has 0 bridgehead atoms. The summed E-state index contributed by atoms with van der Waals surface area (Å²) in [5.41, 5.74) is 0.781. The van der Waals surface area contributed by atoms with Gasteiger partial charge in [-0.25, -0.2) is 0 Å². The summed E-state index contributed by atoms with van der Waals surface area (Å²) >= 11 is 0. The first-order valence-electron chi connectivity index (χ1n) is 3.59. The van der Waals surface area contributed by atoms with E-state index in [2.05, 4.69) is 0 Å². The number of hydrogen-bond donors (Lipinski definition) is 0. The lowest BCUT2D eigenvalue weighted by Crippen LogP contribution is -2.03. The van der Waals surface area contributed by atoms with Gasteiger partial charge in [0, 0.05) is 26.4 Å². The Morgan fingerprint density at radius 2 is 1.91 bits per heavy atom. The predicted molar refractivity (Wildman–Crippen MR) is 47.3 cm³/mol. The largest absolute Gasteiger partial charge is 0.383 e. The molecule has 0 atom stereocenters. The van der Waals surface area contributed by atoms with Crippen LogP contribution in [0.15, 0.2) is 23.9 Å². The van der Waals surface area contributed by atoms with Crippen molar-refractivity contribution in [1.29, 1.82) is 0 Å². The molecular weight excluding hydrogens is 138 g/mol. The zero-order valence-electron chi connectivity index (χ0n) is 7.59. The minimum Gasteiger partial charge on any atom is -0.383 e. The number of allylic oxidation sites excluding steroid dienone is 3. The lowest BCUT2D eigenvalue weighted by molar-refractivity contribution is -0.111. The minimum atomic E-state index is 0.0706. The summed E-state index contributed by atoms with van der Waals surface area (Å²) in [6.07, 6.45) is 5.12. The summed E-state index contributed by atoms with van der Waals surface area (Å²) in [5, 5.41) is 0. The molecule has 11 heavy (non-hydrogen) atoms. The standard InChI is InChI=1S/C9H15NO/c1-5-8(2)9(11)6-7-10(3)4/h5-7H,1-4H3/b7-6+,8-5+. The summed E-state index contributed by atoms with van der Waals surface area (Å²) in [6, 6.07) is 0. The van der Waals surface area contributed by atoms with Crippen LogP contribution in [0.25, 0.3) is 0 Å². The van der Waals surface area contributed by atoms with E-state index in [1.54, 1.807) is 12.3 Å². The molecule has 0 aromatic heterocycles. The van der Waals surface area contributed by atoms with Crippen LogP contribution in [0.3, 0.4) is 0 Å². The topological polar surface area (TPSA) is 20.3 Å². The lowest BCUT2D eigenvalue weighted by Gasteiger charge is -2.02. The van der Waals surface area contributed by atoms with E-state index in [1.807, 2.05) is 38.9 Å². The van der Waals surface area contributed by atoms with E-state index in [0.717, 1.165) is 5.57 Å². The van der Waals surface area contributed by atoms with Crippen molar-refractivity contribution in [3.63, 3.8) is 0 Å². The second-order valence-corrected chi connectivity index (χ2v) is 2.62. The number of nitrogens with zero attached hydrogens (tertiary/aromatic N) is 1. The molecule has 0 fully saturated rings. The van der Waals surface area contributed by atoms with Gasteiger partial charge in [0.05, 0.1) is 0 Å². The van der Waals surface area contributed by atoms with E-state index in [4.69, 9.17) is 0 Å². The molecule has 0 aromatic carbocycles. The quantitative estimate of drug-likeness (QED) is 0.574. The van der Waals surface area contributed by atoms with Gasteiger partial charge in [-0.2, -0.15) is 0 Å². The summed E-state index contributed by atoms with van der Waals surface area (Å²) in [4.78, 5) is 12.9. The molecule has 0 aliphatic carbocycles. The highest BCUT2D eigenvalue weighted by Gasteiger charge is 1.95. The zero-order valence-corrected chi connectivity index (χ0v) is 7.59. The average Bonchev–Trinajstić information content (AvgIpc) is 1.98. The number of carbonyl (C=O) groups is 1. The maximum absolute atomic E-state index is 11.1. The van der Waals surface area contributed by atoms with Gasteiger partial charge in [-0.1, -0.05) is 6.08 Å². The predicted octanol–water partition coefficient (Wildman–Crippen LogP) is 1.60. The fourth-order valence-corrected chi connectivity index (χ4v) is 0.490. The molecule has 0 rings (SSSR count). The van der Waals surface area contributed by atoms with Crippen molar-refractivity contribution in [3.8, 4) is 0 Å². The fourth-order valence-electron chi connectivity index (χ4n) is 0.490. The van der Waals surface area contributed by atoms with Gasteiger partial charge in [-0.15, -0.1) is 0 Å². The number of hydrogen-bond acceptors (Lipinski definition) is 2. The van der Waals surface area contributed by atoms with Crippen molar-refractivity contribution < 1.29 is 4.79 Å². The molecule has 0 N–H and O–H groups in total. The number of carbonyl (C=O) groups excluding carboxylic acids is 1. The summed E-state index contributed by atoms with van der Waals surface area (Å²) in [7, 11) is 3.77. The highest BCUT2D eigenvalue weighted by Crippen LogP contribution is 1.95. The fraction of sp³-hybridized carbons (Fsp3) is 0.444. The van der Waals surface area contributed by atoms with Gasteiger partial charge in [0.1, 0.15) is 0 Å². The molecule has 0 saturated carbocycles. The first-order chi connectivity index (χ1) is 5.07. The molecule has 0 spiro atoms. The van der Waals surface area contributed by atoms with Crippen molar-refractivity contribution >= 4 is 5.78 Å². The molecule has 0 unspecified atom stereocenters. The van der Waals surface area contributed by atoms with Crippen LogP contribution in [0, 0.1) is 0 Å². The Morgan fingerprint density at radius 3 is 2.27 bits per heavy atom. The van der Waals surface area contributed by atoms with Crippen molar-refractivity contribution in [2.75, 3.05) is 14.1 Å². The Labute approximate surface area is 68.2 Å². The molecule has 0 aromatic rings. The molecule has 0 heterocycles. The van der Waals surface area contributed by atoms with Crippen molar-refractivity contribution in [1.82, 2.24) is 4.90 Å². The Hall–Kier alpha value is -1.05. The molecule has 0 amide bonds. The van der Waals surface area contributed by atoms with Crippen LogP contribution in [0.4, 0.5) is 0 Å². The van der Waals surface area contributed by atoms with Gasteiger partial charge >= 0.3 is 0 Å². The van der Waals surface area contributed by atoms with Crippen LogP contribution in [0.1, 0.15) is 13.8 Å². The maximum atomic E-state index is 11.1. The third-order valence-corrected chi connectivity index (χ3v) is 1.35. The van der Waals surface area contributed by atoms with E-state index < -0.39 is 0 Å². The van der Waals surface area contributed by atoms with E-state index in [1.165, 1.54) is 0 Å². The Balaban J connectivity index is 4.08. The van der Waals surface area contributed by atoms with Gasteiger partial charge < -0.3 is 4.90 Å². The van der Waals surface area contributed by atoms with Gasteiger partial charge in [-0.05, 0) is 19.4 Å². The molecule has 62 valence electrons. The SMILES string of the molecule is C/C=C(\C)C(=O)/C=C/N(C)C. The van der Waals surface area contributed by atoms with E-state index in [-0.39, 0.29) is 5.78 Å². The van der Waals surface area contributed by atoms with E-state index >= 15 is 0 Å². The zero-order chi connectivity index (χ0) is 8.85. The van der Waals surface area contributed by atoms with Crippen molar-refractivity contribution in [3.05, 3.63) is 23.9 Å². The third-order valence-electron chi connectivity index (χ3n) is 1.35.